The Morgan fingerprint density at radius 1 is 1.44 bits per heavy atom. The lowest BCUT2D eigenvalue weighted by atomic mass is 10.2. The summed E-state index contributed by atoms with van der Waals surface area (Å²) in [5.41, 5.74) is 8.61. The third-order valence-corrected chi connectivity index (χ3v) is 2.41. The number of hydrogen-bond donors (Lipinski definition) is 3. The molecule has 0 amide bonds. The van der Waals surface area contributed by atoms with Crippen molar-refractivity contribution in [3.8, 4) is 0 Å². The van der Waals surface area contributed by atoms with Crippen LogP contribution in [0.4, 0.5) is 11.4 Å². The number of nitrogens with one attached hydrogen (secondary N) is 2. The fourth-order valence-corrected chi connectivity index (χ4v) is 1.40. The molecule has 6 nitrogen and oxygen atoms in total. The van der Waals surface area contributed by atoms with Gasteiger partial charge in [-0.15, -0.1) is 10.2 Å². The highest BCUT2D eigenvalue weighted by Gasteiger charge is 2.09. The number of aryl methyl sites for hydroxylation is 1. The van der Waals surface area contributed by atoms with Crippen LogP contribution in [0.5, 0.6) is 0 Å². The van der Waals surface area contributed by atoms with E-state index in [2.05, 4.69) is 25.9 Å². The highest BCUT2D eigenvalue weighted by molar-refractivity contribution is 5.58. The minimum absolute atomic E-state index is 0.0131. The van der Waals surface area contributed by atoms with Gasteiger partial charge in [0.15, 0.2) is 5.82 Å². The number of nitrogens with zero attached hydrogens (tertiary/aromatic N) is 3. The van der Waals surface area contributed by atoms with Crippen LogP contribution in [0.3, 0.4) is 0 Å². The number of rotatable bonds is 3. The number of aromatic nitrogens is 4. The molecule has 1 unspecified atom stereocenters. The van der Waals surface area contributed by atoms with Crippen molar-refractivity contribution in [1.29, 1.82) is 0 Å². The van der Waals surface area contributed by atoms with Crippen molar-refractivity contribution in [2.45, 2.75) is 19.9 Å². The first-order valence-corrected chi connectivity index (χ1v) is 5.03. The molecular formula is C10H14N6. The van der Waals surface area contributed by atoms with E-state index in [1.54, 1.807) is 0 Å². The Hall–Kier alpha value is -2.11. The van der Waals surface area contributed by atoms with Crippen LogP contribution in [-0.2, 0) is 0 Å². The number of benzene rings is 1. The molecule has 1 aromatic carbocycles. The van der Waals surface area contributed by atoms with Gasteiger partial charge in [-0.1, -0.05) is 11.3 Å². The summed E-state index contributed by atoms with van der Waals surface area (Å²) in [6.07, 6.45) is 0. The second kappa shape index (κ2) is 4.18. The van der Waals surface area contributed by atoms with Gasteiger partial charge in [-0.3, -0.25) is 0 Å². The first-order valence-electron chi connectivity index (χ1n) is 5.03. The van der Waals surface area contributed by atoms with E-state index in [0.29, 0.717) is 5.82 Å². The van der Waals surface area contributed by atoms with Gasteiger partial charge in [0.1, 0.15) is 0 Å². The molecule has 1 heterocycles. The predicted molar refractivity (Wildman–Crippen MR) is 61.8 cm³/mol. The molecule has 0 fully saturated rings. The van der Waals surface area contributed by atoms with E-state index in [-0.39, 0.29) is 6.04 Å². The lowest BCUT2D eigenvalue weighted by molar-refractivity contribution is 0.793. The third-order valence-electron chi connectivity index (χ3n) is 2.41. The zero-order valence-corrected chi connectivity index (χ0v) is 9.23. The lowest BCUT2D eigenvalue weighted by Gasteiger charge is -2.12. The average molecular weight is 218 g/mol. The van der Waals surface area contributed by atoms with E-state index < -0.39 is 0 Å². The Balaban J connectivity index is 2.12. The van der Waals surface area contributed by atoms with Crippen molar-refractivity contribution >= 4 is 11.4 Å². The summed E-state index contributed by atoms with van der Waals surface area (Å²) >= 11 is 0. The van der Waals surface area contributed by atoms with E-state index in [1.165, 1.54) is 0 Å². The summed E-state index contributed by atoms with van der Waals surface area (Å²) in [6, 6.07) is 5.83. The summed E-state index contributed by atoms with van der Waals surface area (Å²) in [7, 11) is 0. The van der Waals surface area contributed by atoms with Gasteiger partial charge in [0.2, 0.25) is 0 Å². The van der Waals surface area contributed by atoms with E-state index in [1.807, 2.05) is 32.0 Å². The van der Waals surface area contributed by atoms with Crippen molar-refractivity contribution in [3.05, 3.63) is 29.6 Å². The summed E-state index contributed by atoms with van der Waals surface area (Å²) in [5, 5.41) is 17.0. The molecule has 4 N–H and O–H groups in total. The fourth-order valence-electron chi connectivity index (χ4n) is 1.40. The Kier molecular flexibility index (Phi) is 2.72. The van der Waals surface area contributed by atoms with Gasteiger partial charge in [-0.2, -0.15) is 5.21 Å². The maximum atomic E-state index is 5.83. The minimum Gasteiger partial charge on any atom is -0.398 e. The van der Waals surface area contributed by atoms with Crippen LogP contribution in [0, 0.1) is 6.92 Å². The summed E-state index contributed by atoms with van der Waals surface area (Å²) in [6.45, 7) is 3.93. The minimum atomic E-state index is -0.0131. The van der Waals surface area contributed by atoms with Gasteiger partial charge in [0.25, 0.3) is 0 Å². The van der Waals surface area contributed by atoms with Crippen LogP contribution in [0.25, 0.3) is 0 Å². The smallest absolute Gasteiger partial charge is 0.196 e. The molecule has 0 aliphatic carbocycles. The number of hydrogen-bond acceptors (Lipinski definition) is 5. The zero-order chi connectivity index (χ0) is 11.5. The molecule has 0 radical (unpaired) electrons. The van der Waals surface area contributed by atoms with Crippen molar-refractivity contribution in [3.63, 3.8) is 0 Å². The highest BCUT2D eigenvalue weighted by Crippen LogP contribution is 2.20. The lowest BCUT2D eigenvalue weighted by Crippen LogP contribution is -2.09. The molecule has 2 rings (SSSR count). The standard InChI is InChI=1S/C10H14N6/c1-6-3-4-8(5-9(6)11)12-7(2)10-13-15-16-14-10/h3-5,7,12H,11H2,1-2H3,(H,13,14,15,16). The van der Waals surface area contributed by atoms with E-state index >= 15 is 0 Å². The third kappa shape index (κ3) is 2.10. The normalized spacial score (nSPS) is 12.4. The molecule has 0 aliphatic heterocycles. The molecule has 0 saturated carbocycles. The quantitative estimate of drug-likeness (QED) is 0.674. The van der Waals surface area contributed by atoms with Crippen LogP contribution >= 0.6 is 0 Å². The number of aromatic amines is 1. The van der Waals surface area contributed by atoms with Crippen LogP contribution < -0.4 is 11.1 Å². The first kappa shape index (κ1) is 10.4. The molecule has 16 heavy (non-hydrogen) atoms. The Morgan fingerprint density at radius 2 is 2.25 bits per heavy atom. The highest BCUT2D eigenvalue weighted by atomic mass is 15.5. The van der Waals surface area contributed by atoms with Crippen molar-refractivity contribution < 1.29 is 0 Å². The van der Waals surface area contributed by atoms with Crippen LogP contribution in [0.15, 0.2) is 18.2 Å². The van der Waals surface area contributed by atoms with Gasteiger partial charge in [-0.05, 0) is 31.5 Å². The summed E-state index contributed by atoms with van der Waals surface area (Å²) < 4.78 is 0. The summed E-state index contributed by atoms with van der Waals surface area (Å²) in [5.74, 6) is 0.624. The molecule has 84 valence electrons. The van der Waals surface area contributed by atoms with Gasteiger partial charge in [0, 0.05) is 11.4 Å². The van der Waals surface area contributed by atoms with Gasteiger partial charge >= 0.3 is 0 Å². The monoisotopic (exact) mass is 218 g/mol. The first-order chi connectivity index (χ1) is 7.66. The largest absolute Gasteiger partial charge is 0.398 e. The topological polar surface area (TPSA) is 92.5 Å². The average Bonchev–Trinajstić information content (AvgIpc) is 2.77. The van der Waals surface area contributed by atoms with Crippen molar-refractivity contribution in [1.82, 2.24) is 20.6 Å². The van der Waals surface area contributed by atoms with Crippen LogP contribution in [0.2, 0.25) is 0 Å². The van der Waals surface area contributed by atoms with E-state index in [4.69, 9.17) is 5.73 Å². The number of anilines is 2. The number of tetrazole rings is 1. The van der Waals surface area contributed by atoms with Crippen LogP contribution in [0.1, 0.15) is 24.4 Å². The SMILES string of the molecule is Cc1ccc(NC(C)c2nn[nH]n2)cc1N. The molecule has 0 saturated heterocycles. The zero-order valence-electron chi connectivity index (χ0n) is 9.23. The molecular weight excluding hydrogens is 204 g/mol. The maximum absolute atomic E-state index is 5.83. The van der Waals surface area contributed by atoms with Crippen molar-refractivity contribution in [2.24, 2.45) is 0 Å². The Bertz CT molecular complexity index is 464. The number of H-pyrrole nitrogens is 1. The number of nitrogens with two attached hydrogens (primary N) is 1. The molecule has 6 heteroatoms. The van der Waals surface area contributed by atoms with Crippen molar-refractivity contribution in [2.75, 3.05) is 11.1 Å². The van der Waals surface area contributed by atoms with Crippen LogP contribution in [-0.4, -0.2) is 20.6 Å². The fraction of sp³-hybridized carbons (Fsp3) is 0.300. The van der Waals surface area contributed by atoms with E-state index in [9.17, 15) is 0 Å². The van der Waals surface area contributed by atoms with E-state index in [0.717, 1.165) is 16.9 Å². The molecule has 2 aromatic rings. The Labute approximate surface area is 93.2 Å². The predicted octanol–water partition coefficient (Wildman–Crippen LogP) is 1.26. The summed E-state index contributed by atoms with van der Waals surface area (Å²) in [4.78, 5) is 0. The molecule has 0 aliphatic rings. The second-order valence-electron chi connectivity index (χ2n) is 3.71. The second-order valence-corrected chi connectivity index (χ2v) is 3.71. The molecule has 1 aromatic heterocycles. The maximum Gasteiger partial charge on any atom is 0.196 e. The molecule has 0 bridgehead atoms. The molecule has 0 spiro atoms. The Morgan fingerprint density at radius 3 is 2.88 bits per heavy atom. The number of nitrogen functional groups attached to an aromatic ring is 1. The van der Waals surface area contributed by atoms with Gasteiger partial charge < -0.3 is 11.1 Å². The molecule has 1 atom stereocenters. The van der Waals surface area contributed by atoms with Gasteiger partial charge in [0.05, 0.1) is 6.04 Å². The van der Waals surface area contributed by atoms with Gasteiger partial charge in [-0.25, -0.2) is 0 Å².